The van der Waals surface area contributed by atoms with E-state index in [0.29, 0.717) is 18.4 Å². The van der Waals surface area contributed by atoms with Crippen LogP contribution in [0.5, 0.6) is 0 Å². The number of ether oxygens (including phenoxy) is 1. The largest absolute Gasteiger partial charge is 0.444 e. The molecule has 10 heteroatoms. The molecule has 0 radical (unpaired) electrons. The molecule has 4 aliphatic heterocycles. The quantitative estimate of drug-likeness (QED) is 0.560. The maximum absolute atomic E-state index is 13.6. The standard InChI is InChI=1S/C31H43N5O5/c1-20-18-35(16-15-34(20)19-21-9-13-33(14-10-21)29(40)41-30(2,3)4)22-5-6-24-23(17-22)31(11-12-31)28(39)36(24)25-7-8-26(37)32-27(25)38/h5-6,17,20-21,25H,7-16,18-19H2,1-4H3,(H,32,37,38)/t20-,25?/m0/s1. The van der Waals surface area contributed by atoms with E-state index < -0.39 is 17.1 Å². The van der Waals surface area contributed by atoms with E-state index in [1.165, 1.54) is 0 Å². The zero-order valence-electron chi connectivity index (χ0n) is 24.8. The average molecular weight is 566 g/mol. The molecule has 1 spiro atoms. The molecule has 0 aromatic heterocycles. The maximum Gasteiger partial charge on any atom is 0.410 e. The zero-order chi connectivity index (χ0) is 29.1. The summed E-state index contributed by atoms with van der Waals surface area (Å²) in [5, 5.41) is 2.41. The second-order valence-electron chi connectivity index (χ2n) is 13.6. The first-order chi connectivity index (χ1) is 19.4. The number of piperazine rings is 1. The lowest BCUT2D eigenvalue weighted by atomic mass is 9.95. The number of fused-ring (bicyclic) bond motifs is 2. The van der Waals surface area contributed by atoms with Gasteiger partial charge in [0.1, 0.15) is 11.6 Å². The van der Waals surface area contributed by atoms with Crippen LogP contribution in [0.25, 0.3) is 0 Å². The lowest BCUT2D eigenvalue weighted by Crippen LogP contribution is -2.54. The molecule has 6 rings (SSSR count). The first kappa shape index (κ1) is 28.0. The van der Waals surface area contributed by atoms with Crippen LogP contribution in [0.15, 0.2) is 18.2 Å². The Bertz CT molecular complexity index is 1250. The van der Waals surface area contributed by atoms with E-state index in [1.807, 2.05) is 31.7 Å². The Hall–Kier alpha value is -3.14. The second-order valence-corrected chi connectivity index (χ2v) is 13.6. The number of nitrogens with zero attached hydrogens (tertiary/aromatic N) is 4. The third-order valence-electron chi connectivity index (χ3n) is 9.54. The Morgan fingerprint density at radius 3 is 2.41 bits per heavy atom. The van der Waals surface area contributed by atoms with Gasteiger partial charge in [0.25, 0.3) is 0 Å². The number of benzene rings is 1. The van der Waals surface area contributed by atoms with Gasteiger partial charge in [-0.25, -0.2) is 4.79 Å². The summed E-state index contributed by atoms with van der Waals surface area (Å²) in [5.74, 6) is -0.0614. The van der Waals surface area contributed by atoms with Crippen LogP contribution in [0.1, 0.15) is 71.8 Å². The van der Waals surface area contributed by atoms with E-state index in [-0.39, 0.29) is 30.2 Å². The highest BCUT2D eigenvalue weighted by molar-refractivity contribution is 6.15. The molecule has 5 aliphatic rings. The fraction of sp³-hybridized carbons (Fsp3) is 0.677. The van der Waals surface area contributed by atoms with E-state index in [1.54, 1.807) is 4.90 Å². The van der Waals surface area contributed by atoms with Crippen molar-refractivity contribution in [3.63, 3.8) is 0 Å². The summed E-state index contributed by atoms with van der Waals surface area (Å²) in [6.45, 7) is 13.3. The number of carbonyl (C=O) groups excluding carboxylic acids is 4. The van der Waals surface area contributed by atoms with Gasteiger partial charge in [-0.05, 0) is 89.5 Å². The van der Waals surface area contributed by atoms with E-state index in [0.717, 1.165) is 81.9 Å². The molecule has 1 aliphatic carbocycles. The van der Waals surface area contributed by atoms with Crippen molar-refractivity contribution in [2.24, 2.45) is 5.92 Å². The van der Waals surface area contributed by atoms with Crippen molar-refractivity contribution in [3.05, 3.63) is 23.8 Å². The number of anilines is 2. The maximum atomic E-state index is 13.6. The number of imide groups is 1. The molecule has 10 nitrogen and oxygen atoms in total. The van der Waals surface area contributed by atoms with E-state index in [2.05, 4.69) is 34.2 Å². The lowest BCUT2D eigenvalue weighted by Gasteiger charge is -2.43. The van der Waals surface area contributed by atoms with Crippen molar-refractivity contribution in [3.8, 4) is 0 Å². The van der Waals surface area contributed by atoms with Gasteiger partial charge in [-0.2, -0.15) is 0 Å². The number of piperidine rings is 2. The van der Waals surface area contributed by atoms with E-state index >= 15 is 0 Å². The van der Waals surface area contributed by atoms with Crippen LogP contribution in [0.4, 0.5) is 16.2 Å². The summed E-state index contributed by atoms with van der Waals surface area (Å²) in [7, 11) is 0. The van der Waals surface area contributed by atoms with Crippen molar-refractivity contribution < 1.29 is 23.9 Å². The summed E-state index contributed by atoms with van der Waals surface area (Å²) in [4.78, 5) is 58.8. The number of nitrogens with one attached hydrogen (secondary N) is 1. The number of hydrogen-bond donors (Lipinski definition) is 1. The van der Waals surface area contributed by atoms with Gasteiger partial charge in [0, 0.05) is 63.1 Å². The molecule has 2 atom stereocenters. The fourth-order valence-corrected chi connectivity index (χ4v) is 7.07. The van der Waals surface area contributed by atoms with E-state index in [9.17, 15) is 19.2 Å². The molecule has 1 unspecified atom stereocenters. The van der Waals surface area contributed by atoms with Gasteiger partial charge in [0.2, 0.25) is 17.7 Å². The van der Waals surface area contributed by atoms with Gasteiger partial charge in [0.05, 0.1) is 5.41 Å². The smallest absolute Gasteiger partial charge is 0.410 e. The Balaban J connectivity index is 1.07. The minimum Gasteiger partial charge on any atom is -0.444 e. The third-order valence-corrected chi connectivity index (χ3v) is 9.54. The normalized spacial score (nSPS) is 26.8. The van der Waals surface area contributed by atoms with Crippen LogP contribution in [0, 0.1) is 5.92 Å². The topological polar surface area (TPSA) is 102 Å². The summed E-state index contributed by atoms with van der Waals surface area (Å²) in [6.07, 6.45) is 4.03. The molecule has 1 N–H and O–H groups in total. The molecular formula is C31H43N5O5. The number of likely N-dealkylation sites (tertiary alicyclic amines) is 1. The van der Waals surface area contributed by atoms with Crippen LogP contribution in [-0.2, 0) is 24.5 Å². The van der Waals surface area contributed by atoms with E-state index in [4.69, 9.17) is 4.74 Å². The predicted octanol–water partition coefficient (Wildman–Crippen LogP) is 3.03. The Labute approximate surface area is 242 Å². The van der Waals surface area contributed by atoms with Gasteiger partial charge in [-0.1, -0.05) is 0 Å². The number of carbonyl (C=O) groups is 4. The summed E-state index contributed by atoms with van der Waals surface area (Å²) in [6, 6.07) is 6.04. The fourth-order valence-electron chi connectivity index (χ4n) is 7.07. The SMILES string of the molecule is C[C@H]1CN(c2ccc3c(c2)C2(CC2)C(=O)N3C2CCC(=O)NC2=O)CCN1CC1CCN(C(=O)OC(C)(C)C)CC1. The highest BCUT2D eigenvalue weighted by atomic mass is 16.6. The number of amides is 4. The molecule has 1 aromatic carbocycles. The van der Waals surface area contributed by atoms with Crippen molar-refractivity contribution in [2.45, 2.75) is 89.3 Å². The molecule has 4 amide bonds. The first-order valence-electron chi connectivity index (χ1n) is 15.2. The van der Waals surface area contributed by atoms with Crippen molar-refractivity contribution >= 4 is 35.2 Å². The number of rotatable bonds is 4. The van der Waals surface area contributed by atoms with Crippen LogP contribution >= 0.6 is 0 Å². The van der Waals surface area contributed by atoms with Gasteiger partial charge < -0.3 is 14.5 Å². The van der Waals surface area contributed by atoms with Crippen molar-refractivity contribution in [1.82, 2.24) is 15.1 Å². The minimum atomic E-state index is -0.621. The molecule has 1 saturated carbocycles. The summed E-state index contributed by atoms with van der Waals surface area (Å²) < 4.78 is 5.55. The highest BCUT2D eigenvalue weighted by Gasteiger charge is 2.61. The van der Waals surface area contributed by atoms with Crippen LogP contribution in [0.3, 0.4) is 0 Å². The molecule has 1 aromatic rings. The Kier molecular flexibility index (Phi) is 7.03. The molecule has 3 saturated heterocycles. The van der Waals surface area contributed by atoms with Gasteiger partial charge in [-0.3, -0.25) is 29.5 Å². The molecule has 4 heterocycles. The minimum absolute atomic E-state index is 0.00931. The first-order valence-corrected chi connectivity index (χ1v) is 15.2. The lowest BCUT2D eigenvalue weighted by molar-refractivity contribution is -0.135. The van der Waals surface area contributed by atoms with Crippen LogP contribution in [0.2, 0.25) is 0 Å². The Morgan fingerprint density at radius 1 is 1.05 bits per heavy atom. The van der Waals surface area contributed by atoms with Gasteiger partial charge in [-0.15, -0.1) is 0 Å². The van der Waals surface area contributed by atoms with Crippen LogP contribution in [-0.4, -0.2) is 90.6 Å². The van der Waals surface area contributed by atoms with Crippen LogP contribution < -0.4 is 15.1 Å². The monoisotopic (exact) mass is 565 g/mol. The molecule has 41 heavy (non-hydrogen) atoms. The molecule has 0 bridgehead atoms. The van der Waals surface area contributed by atoms with Crippen molar-refractivity contribution in [2.75, 3.05) is 49.1 Å². The third kappa shape index (κ3) is 5.31. The summed E-state index contributed by atoms with van der Waals surface area (Å²) in [5.41, 5.74) is 2.02. The zero-order valence-corrected chi connectivity index (χ0v) is 24.8. The van der Waals surface area contributed by atoms with Gasteiger partial charge >= 0.3 is 6.09 Å². The Morgan fingerprint density at radius 2 is 1.78 bits per heavy atom. The summed E-state index contributed by atoms with van der Waals surface area (Å²) >= 11 is 0. The number of hydrogen-bond acceptors (Lipinski definition) is 7. The molecule has 4 fully saturated rings. The average Bonchev–Trinajstić information content (AvgIpc) is 3.69. The predicted molar refractivity (Wildman–Crippen MR) is 155 cm³/mol. The highest BCUT2D eigenvalue weighted by Crippen LogP contribution is 2.58. The van der Waals surface area contributed by atoms with Gasteiger partial charge in [0.15, 0.2) is 0 Å². The molecule has 222 valence electrons. The second kappa shape index (κ2) is 10.3. The molecular weight excluding hydrogens is 522 g/mol. The van der Waals surface area contributed by atoms with Crippen molar-refractivity contribution in [1.29, 1.82) is 0 Å².